The fraction of sp³-hybridized carbons (Fsp3) is 0.412. The molecule has 0 aliphatic carbocycles. The summed E-state index contributed by atoms with van der Waals surface area (Å²) in [6.45, 7) is 7.07. The van der Waals surface area contributed by atoms with E-state index >= 15 is 0 Å². The van der Waals surface area contributed by atoms with Crippen molar-refractivity contribution in [3.63, 3.8) is 0 Å². The van der Waals surface area contributed by atoms with Crippen molar-refractivity contribution in [2.75, 3.05) is 13.7 Å². The van der Waals surface area contributed by atoms with Gasteiger partial charge in [-0.25, -0.2) is 0 Å². The number of carbonyl (C=O) groups is 1. The number of aryl methyl sites for hydroxylation is 1. The van der Waals surface area contributed by atoms with Crippen molar-refractivity contribution < 1.29 is 14.1 Å². The second-order valence-corrected chi connectivity index (χ2v) is 6.44. The van der Waals surface area contributed by atoms with Gasteiger partial charge in [0.25, 0.3) is 5.91 Å². The molecule has 2 heterocycles. The summed E-state index contributed by atoms with van der Waals surface area (Å²) < 4.78 is 10.8. The van der Waals surface area contributed by atoms with E-state index in [1.807, 2.05) is 31.2 Å². The Kier molecular flexibility index (Phi) is 3.43. The maximum Gasteiger partial charge on any atom is 0.257 e. The number of hydrogen-bond donors (Lipinski definition) is 0. The molecule has 116 valence electrons. The van der Waals surface area contributed by atoms with E-state index in [-0.39, 0.29) is 11.3 Å². The Bertz CT molecular complexity index is 718. The molecule has 0 fully saturated rings. The lowest BCUT2D eigenvalue weighted by atomic mass is 9.86. The van der Waals surface area contributed by atoms with Crippen LogP contribution in [-0.2, 0) is 12.0 Å². The molecular weight excluding hydrogens is 280 g/mol. The fourth-order valence-electron chi connectivity index (χ4n) is 2.74. The molecule has 0 N–H and O–H groups in total. The van der Waals surface area contributed by atoms with Crippen molar-refractivity contribution >= 4 is 5.91 Å². The van der Waals surface area contributed by atoms with Crippen molar-refractivity contribution in [2.24, 2.45) is 0 Å². The average Bonchev–Trinajstić information content (AvgIpc) is 3.02. The van der Waals surface area contributed by atoms with Gasteiger partial charge in [0.05, 0.1) is 18.7 Å². The topological polar surface area (TPSA) is 55.6 Å². The predicted molar refractivity (Wildman–Crippen MR) is 82.0 cm³/mol. The zero-order valence-corrected chi connectivity index (χ0v) is 13.3. The van der Waals surface area contributed by atoms with Crippen LogP contribution in [0.25, 0.3) is 0 Å². The molecule has 5 nitrogen and oxygen atoms in total. The average molecular weight is 300 g/mol. The van der Waals surface area contributed by atoms with Crippen LogP contribution in [0.15, 0.2) is 28.8 Å². The third kappa shape index (κ3) is 2.47. The first-order valence-electron chi connectivity index (χ1n) is 7.32. The monoisotopic (exact) mass is 300 g/mol. The van der Waals surface area contributed by atoms with Gasteiger partial charge >= 0.3 is 0 Å². The molecule has 0 radical (unpaired) electrons. The van der Waals surface area contributed by atoms with Crippen molar-refractivity contribution in [3.8, 4) is 5.75 Å². The van der Waals surface area contributed by atoms with E-state index in [0.29, 0.717) is 24.5 Å². The van der Waals surface area contributed by atoms with Gasteiger partial charge in [-0.15, -0.1) is 0 Å². The number of hydrogen-bond acceptors (Lipinski definition) is 4. The SMILES string of the molecule is Cc1cc(CN(C)C(=O)c2cccc3c2OCC3(C)C)no1. The maximum atomic E-state index is 12.7. The number of fused-ring (bicyclic) bond motifs is 1. The van der Waals surface area contributed by atoms with E-state index in [1.54, 1.807) is 11.9 Å². The smallest absolute Gasteiger partial charge is 0.257 e. The lowest BCUT2D eigenvalue weighted by molar-refractivity contribution is 0.0778. The zero-order chi connectivity index (χ0) is 15.9. The van der Waals surface area contributed by atoms with E-state index < -0.39 is 0 Å². The van der Waals surface area contributed by atoms with Crippen LogP contribution in [0.1, 0.15) is 41.2 Å². The molecule has 0 unspecified atom stereocenters. The Hall–Kier alpha value is -2.30. The molecule has 1 aromatic carbocycles. The summed E-state index contributed by atoms with van der Waals surface area (Å²) in [4.78, 5) is 14.3. The molecule has 1 aliphatic rings. The molecule has 2 aromatic rings. The van der Waals surface area contributed by atoms with Crippen LogP contribution >= 0.6 is 0 Å². The van der Waals surface area contributed by atoms with Gasteiger partial charge in [-0.05, 0) is 13.0 Å². The Balaban J connectivity index is 1.85. The van der Waals surface area contributed by atoms with Crippen molar-refractivity contribution in [3.05, 3.63) is 46.8 Å². The molecule has 1 aromatic heterocycles. The van der Waals surface area contributed by atoms with E-state index in [0.717, 1.165) is 17.0 Å². The number of amides is 1. The molecule has 5 heteroatoms. The highest BCUT2D eigenvalue weighted by atomic mass is 16.5. The Morgan fingerprint density at radius 3 is 2.86 bits per heavy atom. The molecule has 0 spiro atoms. The highest BCUT2D eigenvalue weighted by Gasteiger charge is 2.35. The minimum Gasteiger partial charge on any atom is -0.492 e. The van der Waals surface area contributed by atoms with Crippen molar-refractivity contribution in [1.29, 1.82) is 0 Å². The third-order valence-electron chi connectivity index (χ3n) is 3.97. The lowest BCUT2D eigenvalue weighted by Gasteiger charge is -2.18. The number of ether oxygens (including phenoxy) is 1. The summed E-state index contributed by atoms with van der Waals surface area (Å²) in [5.41, 5.74) is 2.37. The van der Waals surface area contributed by atoms with Gasteiger partial charge in [-0.1, -0.05) is 31.1 Å². The lowest BCUT2D eigenvalue weighted by Crippen LogP contribution is -2.26. The van der Waals surface area contributed by atoms with Gasteiger partial charge in [0.1, 0.15) is 17.2 Å². The zero-order valence-electron chi connectivity index (χ0n) is 13.3. The summed E-state index contributed by atoms with van der Waals surface area (Å²) in [7, 11) is 1.76. The number of para-hydroxylation sites is 1. The number of rotatable bonds is 3. The minimum absolute atomic E-state index is 0.0621. The highest BCUT2D eigenvalue weighted by molar-refractivity contribution is 5.97. The molecule has 3 rings (SSSR count). The number of benzene rings is 1. The Morgan fingerprint density at radius 1 is 1.41 bits per heavy atom. The van der Waals surface area contributed by atoms with Crippen LogP contribution in [0.3, 0.4) is 0 Å². The highest BCUT2D eigenvalue weighted by Crippen LogP contribution is 2.40. The summed E-state index contributed by atoms with van der Waals surface area (Å²) in [5.74, 6) is 1.37. The number of aromatic nitrogens is 1. The number of carbonyl (C=O) groups excluding carboxylic acids is 1. The maximum absolute atomic E-state index is 12.7. The minimum atomic E-state index is -0.0739. The largest absolute Gasteiger partial charge is 0.492 e. The van der Waals surface area contributed by atoms with Gasteiger partial charge in [0.15, 0.2) is 0 Å². The molecule has 0 saturated carbocycles. The van der Waals surface area contributed by atoms with Crippen molar-refractivity contribution in [1.82, 2.24) is 10.1 Å². The second kappa shape index (κ2) is 5.16. The van der Waals surface area contributed by atoms with Gasteiger partial charge in [0.2, 0.25) is 0 Å². The van der Waals surface area contributed by atoms with Gasteiger partial charge in [-0.2, -0.15) is 0 Å². The quantitative estimate of drug-likeness (QED) is 0.874. The van der Waals surface area contributed by atoms with E-state index in [9.17, 15) is 4.79 Å². The summed E-state index contributed by atoms with van der Waals surface area (Å²) in [5, 5.41) is 3.93. The normalized spacial score (nSPS) is 15.3. The molecule has 0 bridgehead atoms. The summed E-state index contributed by atoms with van der Waals surface area (Å²) >= 11 is 0. The van der Waals surface area contributed by atoms with Crippen LogP contribution < -0.4 is 4.74 Å². The van der Waals surface area contributed by atoms with E-state index in [1.165, 1.54) is 0 Å². The molecular formula is C17H20N2O3. The first-order valence-corrected chi connectivity index (χ1v) is 7.32. The summed E-state index contributed by atoms with van der Waals surface area (Å²) in [6, 6.07) is 7.59. The van der Waals surface area contributed by atoms with Crippen LogP contribution in [0.2, 0.25) is 0 Å². The van der Waals surface area contributed by atoms with E-state index in [2.05, 4.69) is 19.0 Å². The Morgan fingerprint density at radius 2 is 2.18 bits per heavy atom. The predicted octanol–water partition coefficient (Wildman–Crippen LogP) is 2.93. The molecule has 22 heavy (non-hydrogen) atoms. The molecule has 1 aliphatic heterocycles. The molecule has 0 atom stereocenters. The molecule has 0 saturated heterocycles. The van der Waals surface area contributed by atoms with E-state index in [4.69, 9.17) is 9.26 Å². The first-order chi connectivity index (χ1) is 10.4. The fourth-order valence-corrected chi connectivity index (χ4v) is 2.74. The van der Waals surface area contributed by atoms with Crippen LogP contribution in [-0.4, -0.2) is 29.6 Å². The Labute approximate surface area is 129 Å². The molecule has 1 amide bonds. The van der Waals surface area contributed by atoms with Crippen molar-refractivity contribution in [2.45, 2.75) is 32.7 Å². The van der Waals surface area contributed by atoms with Gasteiger partial charge in [-0.3, -0.25) is 4.79 Å². The van der Waals surface area contributed by atoms with Crippen LogP contribution in [0.4, 0.5) is 0 Å². The third-order valence-corrected chi connectivity index (χ3v) is 3.97. The summed E-state index contributed by atoms with van der Waals surface area (Å²) in [6.07, 6.45) is 0. The standard InChI is InChI=1S/C17H20N2O3/c1-11-8-12(18-22-11)9-19(4)16(20)13-6-5-7-14-15(13)21-10-17(14,2)3/h5-8H,9-10H2,1-4H3. The first kappa shape index (κ1) is 14.6. The second-order valence-electron chi connectivity index (χ2n) is 6.44. The number of nitrogens with zero attached hydrogens (tertiary/aromatic N) is 2. The van der Waals surface area contributed by atoms with Gasteiger partial charge in [0, 0.05) is 24.1 Å². The van der Waals surface area contributed by atoms with Gasteiger partial charge < -0.3 is 14.2 Å². The van der Waals surface area contributed by atoms with Crippen LogP contribution in [0.5, 0.6) is 5.75 Å². The van der Waals surface area contributed by atoms with Crippen LogP contribution in [0, 0.1) is 6.92 Å².